The summed E-state index contributed by atoms with van der Waals surface area (Å²) in [5.74, 6) is -1.42. The molecule has 7 nitrogen and oxygen atoms in total. The Labute approximate surface area is 211 Å². The number of carbonyl (C=O) groups is 3. The normalized spacial score (nSPS) is 17.8. The van der Waals surface area contributed by atoms with Crippen LogP contribution in [0.15, 0.2) is 30.3 Å². The minimum Gasteiger partial charge on any atom is -0.378 e. The number of nitrogens with zero attached hydrogens (tertiary/aromatic N) is 3. The number of benzene rings is 2. The second kappa shape index (κ2) is 9.19. The third-order valence-corrected chi connectivity index (χ3v) is 7.68. The minimum atomic E-state index is -0.537. The number of hydrogen-bond donors (Lipinski definition) is 0. The first-order chi connectivity index (χ1) is 17.1. The molecule has 0 saturated carbocycles. The molecule has 7 heteroatoms. The van der Waals surface area contributed by atoms with Gasteiger partial charge in [-0.05, 0) is 52.6 Å². The van der Waals surface area contributed by atoms with Gasteiger partial charge in [-0.15, -0.1) is 5.06 Å². The van der Waals surface area contributed by atoms with Crippen molar-refractivity contribution in [3.05, 3.63) is 63.2 Å². The third-order valence-electron chi connectivity index (χ3n) is 7.68. The number of imide groups is 1. The molecular weight excluding hydrogens is 454 g/mol. The molecule has 0 aromatic heterocycles. The smallest absolute Gasteiger partial charge is 0.333 e. The summed E-state index contributed by atoms with van der Waals surface area (Å²) >= 11 is 0. The Morgan fingerprint density at radius 3 is 2.53 bits per heavy atom. The second-order valence-corrected chi connectivity index (χ2v) is 10.7. The van der Waals surface area contributed by atoms with Gasteiger partial charge in [0.25, 0.3) is 11.8 Å². The summed E-state index contributed by atoms with van der Waals surface area (Å²) in [6, 6.07) is 11.4. The average molecular weight is 489 g/mol. The van der Waals surface area contributed by atoms with Gasteiger partial charge in [-0.2, -0.15) is 0 Å². The molecule has 1 fully saturated rings. The van der Waals surface area contributed by atoms with Crippen LogP contribution < -0.4 is 20.1 Å². The standard InChI is InChI=1S/C29H34N3O4/c1-29(2)23-17-22(30(3)4)10-9-19(23)15-21-16-20-7-5-13-31(25(20)18-24(21)29)14-6-8-28(35)36-32-26(33)11-12-27(32)34/h9-10,15-18H,5-8,11-14H2,1-4H3/q+1. The summed E-state index contributed by atoms with van der Waals surface area (Å²) in [4.78, 5) is 42.8. The number of amides is 2. The Kier molecular flexibility index (Phi) is 6.18. The lowest BCUT2D eigenvalue weighted by atomic mass is 9.71. The van der Waals surface area contributed by atoms with Gasteiger partial charge in [0.05, 0.1) is 6.42 Å². The van der Waals surface area contributed by atoms with E-state index in [4.69, 9.17) is 4.84 Å². The van der Waals surface area contributed by atoms with E-state index >= 15 is 0 Å². The van der Waals surface area contributed by atoms with Gasteiger partial charge >= 0.3 is 5.97 Å². The maximum atomic E-state index is 12.3. The Bertz CT molecular complexity index is 1370. The molecule has 36 heavy (non-hydrogen) atoms. The Morgan fingerprint density at radius 1 is 1.06 bits per heavy atom. The number of hydroxylamine groups is 2. The number of aryl methyl sites for hydroxylation is 1. The quantitative estimate of drug-likeness (QED) is 0.460. The highest BCUT2D eigenvalue weighted by atomic mass is 16.7. The zero-order valence-corrected chi connectivity index (χ0v) is 21.6. The lowest BCUT2D eigenvalue weighted by Crippen LogP contribution is -2.42. The number of fused-ring (bicyclic) bond motifs is 3. The molecule has 0 unspecified atom stereocenters. The van der Waals surface area contributed by atoms with Crippen molar-refractivity contribution in [3.8, 4) is 0 Å². The van der Waals surface area contributed by atoms with E-state index in [0.29, 0.717) is 18.0 Å². The molecule has 0 atom stereocenters. The van der Waals surface area contributed by atoms with Crippen molar-refractivity contribution in [3.63, 3.8) is 0 Å². The van der Waals surface area contributed by atoms with Gasteiger partial charge in [0.1, 0.15) is 13.1 Å². The first-order valence-corrected chi connectivity index (χ1v) is 12.8. The maximum Gasteiger partial charge on any atom is 0.333 e. The first-order valence-electron chi connectivity index (χ1n) is 12.8. The summed E-state index contributed by atoms with van der Waals surface area (Å²) < 4.78 is 2.36. The van der Waals surface area contributed by atoms with Crippen molar-refractivity contribution in [1.82, 2.24) is 9.64 Å². The van der Waals surface area contributed by atoms with Crippen LogP contribution in [0.5, 0.6) is 0 Å². The summed E-state index contributed by atoms with van der Waals surface area (Å²) in [6.45, 7) is 6.25. The fourth-order valence-corrected chi connectivity index (χ4v) is 5.64. The summed E-state index contributed by atoms with van der Waals surface area (Å²) in [5, 5.41) is 3.16. The fourth-order valence-electron chi connectivity index (χ4n) is 5.64. The molecule has 3 aliphatic rings. The van der Waals surface area contributed by atoms with Crippen LogP contribution in [0.1, 0.15) is 68.2 Å². The van der Waals surface area contributed by atoms with Crippen LogP contribution in [0.4, 0.5) is 5.69 Å². The fraction of sp³-hybridized carbons (Fsp3) is 0.448. The number of rotatable bonds is 6. The van der Waals surface area contributed by atoms with Gasteiger partial charge in [-0.25, -0.2) is 9.37 Å². The molecule has 2 aromatic carbocycles. The van der Waals surface area contributed by atoms with Gasteiger partial charge in [0.2, 0.25) is 5.36 Å². The molecule has 2 heterocycles. The second-order valence-electron chi connectivity index (χ2n) is 10.7. The van der Waals surface area contributed by atoms with Crippen molar-refractivity contribution in [2.45, 2.75) is 57.8 Å². The van der Waals surface area contributed by atoms with Gasteiger partial charge < -0.3 is 9.74 Å². The van der Waals surface area contributed by atoms with Crippen molar-refractivity contribution in [2.75, 3.05) is 32.1 Å². The van der Waals surface area contributed by atoms with Crippen molar-refractivity contribution in [1.29, 1.82) is 0 Å². The number of carbonyl (C=O) groups excluding carboxylic acids is 3. The predicted octanol–water partition coefficient (Wildman–Crippen LogP) is 2.05. The van der Waals surface area contributed by atoms with E-state index in [1.54, 1.807) is 0 Å². The van der Waals surface area contributed by atoms with E-state index in [-0.39, 0.29) is 24.7 Å². The van der Waals surface area contributed by atoms with Crippen molar-refractivity contribution in [2.24, 2.45) is 0 Å². The van der Waals surface area contributed by atoms with E-state index in [1.165, 1.54) is 38.5 Å². The molecule has 2 amide bonds. The van der Waals surface area contributed by atoms with Crippen molar-refractivity contribution >= 4 is 29.5 Å². The lowest BCUT2D eigenvalue weighted by molar-refractivity contribution is -0.197. The minimum absolute atomic E-state index is 0.107. The highest BCUT2D eigenvalue weighted by molar-refractivity contribution is 6.01. The summed E-state index contributed by atoms with van der Waals surface area (Å²) in [7, 11) is 4.14. The summed E-state index contributed by atoms with van der Waals surface area (Å²) in [5.41, 5.74) is 6.33. The first kappa shape index (κ1) is 24.2. The van der Waals surface area contributed by atoms with Gasteiger partial charge in [-0.1, -0.05) is 19.9 Å². The Hall–Kier alpha value is -3.48. The van der Waals surface area contributed by atoms with E-state index in [1.807, 2.05) is 0 Å². The van der Waals surface area contributed by atoms with Crippen LogP contribution in [-0.2, 0) is 31.1 Å². The van der Waals surface area contributed by atoms with Gasteiger partial charge in [0, 0.05) is 62.5 Å². The van der Waals surface area contributed by atoms with E-state index in [0.717, 1.165) is 19.4 Å². The van der Waals surface area contributed by atoms with Crippen LogP contribution in [0.25, 0.3) is 6.08 Å². The molecule has 0 radical (unpaired) electrons. The van der Waals surface area contributed by atoms with Crippen LogP contribution in [0.3, 0.4) is 0 Å². The van der Waals surface area contributed by atoms with Crippen LogP contribution >= 0.6 is 0 Å². The zero-order chi connectivity index (χ0) is 25.6. The molecule has 2 aliphatic heterocycles. The molecule has 1 saturated heterocycles. The monoisotopic (exact) mass is 488 g/mol. The highest BCUT2D eigenvalue weighted by Gasteiger charge is 2.33. The van der Waals surface area contributed by atoms with Crippen LogP contribution in [-0.4, -0.2) is 50.0 Å². The largest absolute Gasteiger partial charge is 0.378 e. The summed E-state index contributed by atoms with van der Waals surface area (Å²) in [6.07, 6.45) is 5.39. The van der Waals surface area contributed by atoms with Gasteiger partial charge in [-0.3, -0.25) is 9.59 Å². The highest BCUT2D eigenvalue weighted by Crippen LogP contribution is 2.36. The molecule has 0 N–H and O–H groups in total. The Balaban J connectivity index is 1.41. The molecule has 0 spiro atoms. The third kappa shape index (κ3) is 4.31. The lowest BCUT2D eigenvalue weighted by Gasteiger charge is -2.33. The van der Waals surface area contributed by atoms with E-state index in [2.05, 4.69) is 73.8 Å². The molecule has 0 bridgehead atoms. The molecule has 2 aromatic rings. The van der Waals surface area contributed by atoms with Crippen molar-refractivity contribution < 1.29 is 19.2 Å². The number of anilines is 1. The van der Waals surface area contributed by atoms with Crippen LogP contribution in [0, 0.1) is 0 Å². The molecular formula is C29H34N3O4+. The zero-order valence-electron chi connectivity index (χ0n) is 21.6. The molecule has 188 valence electrons. The van der Waals surface area contributed by atoms with E-state index in [9.17, 15) is 14.4 Å². The van der Waals surface area contributed by atoms with Crippen LogP contribution in [0.2, 0.25) is 0 Å². The SMILES string of the molecule is CN(C)c1ccc2c(c1)C(C)(C)c1cc3c(cc1=C2)CCC[N+]=3CCCC(=O)ON1C(=O)CCC1=O. The van der Waals surface area contributed by atoms with Gasteiger partial charge in [0.15, 0.2) is 0 Å². The topological polar surface area (TPSA) is 69.9 Å². The Morgan fingerprint density at radius 2 is 1.81 bits per heavy atom. The van der Waals surface area contributed by atoms with E-state index < -0.39 is 17.8 Å². The molecule has 1 aliphatic carbocycles. The predicted molar refractivity (Wildman–Crippen MR) is 138 cm³/mol. The maximum absolute atomic E-state index is 12.3. The average Bonchev–Trinajstić information content (AvgIpc) is 3.15. The number of hydrogen-bond acceptors (Lipinski definition) is 5. The molecule has 5 rings (SSSR count).